The first kappa shape index (κ1) is 16.6. The molecule has 0 aliphatic carbocycles. The van der Waals surface area contributed by atoms with Crippen LogP contribution in [0, 0.1) is 5.92 Å². The van der Waals surface area contributed by atoms with Gasteiger partial charge in [0, 0.05) is 36.4 Å². The quantitative estimate of drug-likeness (QED) is 0.870. The van der Waals surface area contributed by atoms with Crippen LogP contribution >= 0.6 is 11.6 Å². The van der Waals surface area contributed by atoms with Crippen molar-refractivity contribution in [2.45, 2.75) is 32.9 Å². The van der Waals surface area contributed by atoms with Gasteiger partial charge in [-0.3, -0.25) is 0 Å². The fourth-order valence-electron chi connectivity index (χ4n) is 2.88. The number of anilines is 1. The Morgan fingerprint density at radius 3 is 2.76 bits per heavy atom. The Kier molecular flexibility index (Phi) is 5.91. The van der Waals surface area contributed by atoms with Crippen molar-refractivity contribution in [3.8, 4) is 0 Å². The Hall–Kier alpha value is -0.770. The lowest BCUT2D eigenvalue weighted by Gasteiger charge is -2.24. The smallest absolute Gasteiger partial charge is 0.0413 e. The maximum absolute atomic E-state index is 6.19. The van der Waals surface area contributed by atoms with Crippen LogP contribution < -0.4 is 10.2 Å². The second-order valence-electron chi connectivity index (χ2n) is 6.65. The first-order chi connectivity index (χ1) is 9.97. The minimum atomic E-state index is 0.650. The molecule has 21 heavy (non-hydrogen) atoms. The summed E-state index contributed by atoms with van der Waals surface area (Å²) in [6.07, 6.45) is 1.23. The number of rotatable bonds is 6. The lowest BCUT2D eigenvalue weighted by Crippen LogP contribution is -2.32. The molecule has 1 N–H and O–H groups in total. The van der Waals surface area contributed by atoms with Crippen LogP contribution in [0.4, 0.5) is 5.69 Å². The molecule has 1 heterocycles. The van der Waals surface area contributed by atoms with Gasteiger partial charge in [0.1, 0.15) is 0 Å². The minimum Gasteiger partial charge on any atom is -0.370 e. The maximum Gasteiger partial charge on any atom is 0.0413 e. The number of nitrogens with one attached hydrogen (secondary N) is 1. The van der Waals surface area contributed by atoms with E-state index in [1.54, 1.807) is 0 Å². The normalized spacial score (nSPS) is 19.0. The summed E-state index contributed by atoms with van der Waals surface area (Å²) in [5.74, 6) is 0.664. The van der Waals surface area contributed by atoms with Crippen molar-refractivity contribution in [1.29, 1.82) is 0 Å². The van der Waals surface area contributed by atoms with Gasteiger partial charge in [0.05, 0.1) is 0 Å². The number of hydrogen-bond donors (Lipinski definition) is 1. The lowest BCUT2D eigenvalue weighted by molar-refractivity contribution is 0.315. The number of benzene rings is 1. The van der Waals surface area contributed by atoms with E-state index in [-0.39, 0.29) is 0 Å². The third-order valence-electron chi connectivity index (χ3n) is 4.14. The predicted molar refractivity (Wildman–Crippen MR) is 92.3 cm³/mol. The Balaban J connectivity index is 2.08. The van der Waals surface area contributed by atoms with E-state index in [0.717, 1.165) is 31.2 Å². The average molecular weight is 310 g/mol. The van der Waals surface area contributed by atoms with E-state index in [0.29, 0.717) is 12.0 Å². The van der Waals surface area contributed by atoms with Gasteiger partial charge in [0.15, 0.2) is 0 Å². The summed E-state index contributed by atoms with van der Waals surface area (Å²) in [6, 6.07) is 6.93. The molecule has 2 rings (SSSR count). The van der Waals surface area contributed by atoms with Gasteiger partial charge in [-0.25, -0.2) is 0 Å². The van der Waals surface area contributed by atoms with Gasteiger partial charge in [0.2, 0.25) is 0 Å². The molecule has 1 atom stereocenters. The Morgan fingerprint density at radius 1 is 1.38 bits per heavy atom. The molecule has 1 aromatic rings. The minimum absolute atomic E-state index is 0.650. The van der Waals surface area contributed by atoms with E-state index in [1.165, 1.54) is 17.7 Å². The van der Waals surface area contributed by atoms with Crippen molar-refractivity contribution in [3.05, 3.63) is 28.8 Å². The van der Waals surface area contributed by atoms with Crippen LogP contribution in [-0.4, -0.2) is 44.7 Å². The summed E-state index contributed by atoms with van der Waals surface area (Å²) in [4.78, 5) is 4.82. The van der Waals surface area contributed by atoms with Crippen LogP contribution in [0.1, 0.15) is 25.8 Å². The molecule has 1 unspecified atom stereocenters. The standard InChI is InChI=1S/C17H28ClN3/c1-13(2)10-19-11-14-9-15(18)5-6-17(14)21-8-7-16(12-21)20(3)4/h5-6,9,13,16,19H,7-8,10-12H2,1-4H3. The topological polar surface area (TPSA) is 18.5 Å². The van der Waals surface area contributed by atoms with Gasteiger partial charge in [-0.15, -0.1) is 0 Å². The average Bonchev–Trinajstić information content (AvgIpc) is 2.88. The summed E-state index contributed by atoms with van der Waals surface area (Å²) in [7, 11) is 4.34. The fourth-order valence-corrected chi connectivity index (χ4v) is 3.08. The number of nitrogens with zero attached hydrogens (tertiary/aromatic N) is 2. The molecule has 0 bridgehead atoms. The van der Waals surface area contributed by atoms with Crippen molar-refractivity contribution >= 4 is 17.3 Å². The lowest BCUT2D eigenvalue weighted by atomic mass is 10.1. The summed E-state index contributed by atoms with van der Waals surface area (Å²) in [5.41, 5.74) is 2.64. The van der Waals surface area contributed by atoms with Crippen LogP contribution in [0.3, 0.4) is 0 Å². The number of halogens is 1. The molecule has 0 amide bonds. The summed E-state index contributed by atoms with van der Waals surface area (Å²) in [5, 5.41) is 4.35. The molecule has 1 aliphatic rings. The Labute approximate surface area is 134 Å². The second-order valence-corrected chi connectivity index (χ2v) is 7.09. The molecule has 1 aliphatic heterocycles. The third kappa shape index (κ3) is 4.60. The van der Waals surface area contributed by atoms with E-state index in [2.05, 4.69) is 55.2 Å². The van der Waals surface area contributed by atoms with Crippen LogP contribution in [0.2, 0.25) is 5.02 Å². The van der Waals surface area contributed by atoms with Gasteiger partial charge < -0.3 is 15.1 Å². The van der Waals surface area contributed by atoms with E-state index in [9.17, 15) is 0 Å². The highest BCUT2D eigenvalue weighted by molar-refractivity contribution is 6.30. The first-order valence-corrected chi connectivity index (χ1v) is 8.25. The van der Waals surface area contributed by atoms with Crippen molar-refractivity contribution in [2.75, 3.05) is 38.6 Å². The molecule has 0 radical (unpaired) electrons. The Bertz CT molecular complexity index is 459. The molecule has 1 saturated heterocycles. The van der Waals surface area contributed by atoms with Crippen LogP contribution in [-0.2, 0) is 6.54 Å². The summed E-state index contributed by atoms with van der Waals surface area (Å²) in [6.45, 7) is 8.61. The highest BCUT2D eigenvalue weighted by Gasteiger charge is 2.25. The molecule has 1 fully saturated rings. The zero-order chi connectivity index (χ0) is 15.4. The molecule has 0 spiro atoms. The van der Waals surface area contributed by atoms with Crippen molar-refractivity contribution in [3.63, 3.8) is 0 Å². The fraction of sp³-hybridized carbons (Fsp3) is 0.647. The van der Waals surface area contributed by atoms with Gasteiger partial charge in [-0.05, 0) is 56.7 Å². The molecule has 0 aromatic heterocycles. The highest BCUT2D eigenvalue weighted by atomic mass is 35.5. The predicted octanol–water partition coefficient (Wildman–Crippen LogP) is 3.23. The third-order valence-corrected chi connectivity index (χ3v) is 4.38. The molecule has 3 nitrogen and oxygen atoms in total. The molecule has 0 saturated carbocycles. The van der Waals surface area contributed by atoms with Gasteiger partial charge in [-0.1, -0.05) is 25.4 Å². The van der Waals surface area contributed by atoms with E-state index in [1.807, 2.05) is 6.07 Å². The zero-order valence-electron chi connectivity index (χ0n) is 13.7. The number of hydrogen-bond acceptors (Lipinski definition) is 3. The second kappa shape index (κ2) is 7.48. The molecule has 1 aromatic carbocycles. The van der Waals surface area contributed by atoms with E-state index >= 15 is 0 Å². The van der Waals surface area contributed by atoms with Crippen molar-refractivity contribution in [1.82, 2.24) is 10.2 Å². The van der Waals surface area contributed by atoms with E-state index < -0.39 is 0 Å². The van der Waals surface area contributed by atoms with Crippen LogP contribution in [0.5, 0.6) is 0 Å². The van der Waals surface area contributed by atoms with Gasteiger partial charge >= 0.3 is 0 Å². The van der Waals surface area contributed by atoms with Crippen molar-refractivity contribution in [2.24, 2.45) is 5.92 Å². The molecule has 118 valence electrons. The first-order valence-electron chi connectivity index (χ1n) is 7.88. The monoisotopic (exact) mass is 309 g/mol. The highest BCUT2D eigenvalue weighted by Crippen LogP contribution is 2.28. The van der Waals surface area contributed by atoms with Gasteiger partial charge in [-0.2, -0.15) is 0 Å². The van der Waals surface area contributed by atoms with E-state index in [4.69, 9.17) is 11.6 Å². The van der Waals surface area contributed by atoms with Crippen LogP contribution in [0.25, 0.3) is 0 Å². The number of likely N-dealkylation sites (N-methyl/N-ethyl adjacent to an activating group) is 1. The van der Waals surface area contributed by atoms with Gasteiger partial charge in [0.25, 0.3) is 0 Å². The molecular formula is C17H28ClN3. The SMILES string of the molecule is CC(C)CNCc1cc(Cl)ccc1N1CCC(N(C)C)C1. The van der Waals surface area contributed by atoms with Crippen LogP contribution in [0.15, 0.2) is 18.2 Å². The Morgan fingerprint density at radius 2 is 2.14 bits per heavy atom. The molecular weight excluding hydrogens is 282 g/mol. The zero-order valence-corrected chi connectivity index (χ0v) is 14.5. The maximum atomic E-state index is 6.19. The molecule has 4 heteroatoms. The summed E-state index contributed by atoms with van der Waals surface area (Å²) < 4.78 is 0. The van der Waals surface area contributed by atoms with Crippen molar-refractivity contribution < 1.29 is 0 Å². The largest absolute Gasteiger partial charge is 0.370 e. The summed E-state index contributed by atoms with van der Waals surface area (Å²) >= 11 is 6.19.